The molecule has 0 amide bonds. The highest BCUT2D eigenvalue weighted by Gasteiger charge is 2.11. The van der Waals surface area contributed by atoms with Crippen LogP contribution < -0.4 is 5.32 Å². The van der Waals surface area contributed by atoms with Crippen molar-refractivity contribution in [2.45, 2.75) is 39.3 Å². The Morgan fingerprint density at radius 2 is 2.31 bits per heavy atom. The van der Waals surface area contributed by atoms with Crippen LogP contribution >= 0.6 is 11.8 Å². The van der Waals surface area contributed by atoms with Crippen molar-refractivity contribution in [3.8, 4) is 0 Å². The molecule has 1 unspecified atom stereocenters. The monoisotopic (exact) mass is 241 g/mol. The highest BCUT2D eigenvalue weighted by Crippen LogP contribution is 2.18. The van der Waals surface area contributed by atoms with E-state index in [-0.39, 0.29) is 0 Å². The summed E-state index contributed by atoms with van der Waals surface area (Å²) in [6.45, 7) is 6.36. The first kappa shape index (κ1) is 13.6. The first-order chi connectivity index (χ1) is 7.81. The molecule has 1 rings (SSSR count). The lowest BCUT2D eigenvalue weighted by Crippen LogP contribution is -2.21. The highest BCUT2D eigenvalue weighted by molar-refractivity contribution is 7.98. The van der Waals surface area contributed by atoms with E-state index in [0.717, 1.165) is 19.5 Å². The predicted octanol–water partition coefficient (Wildman–Crippen LogP) is 2.70. The van der Waals surface area contributed by atoms with Gasteiger partial charge in [-0.05, 0) is 31.4 Å². The number of nitrogens with one attached hydrogen (secondary N) is 1. The van der Waals surface area contributed by atoms with Crippen molar-refractivity contribution in [1.82, 2.24) is 15.1 Å². The van der Waals surface area contributed by atoms with E-state index < -0.39 is 0 Å². The normalized spacial score (nSPS) is 12.9. The molecule has 92 valence electrons. The van der Waals surface area contributed by atoms with Crippen molar-refractivity contribution >= 4 is 11.8 Å². The van der Waals surface area contributed by atoms with E-state index in [1.807, 2.05) is 22.6 Å². The number of rotatable bonds is 8. The summed E-state index contributed by atoms with van der Waals surface area (Å²) >= 11 is 1.90. The van der Waals surface area contributed by atoms with Crippen molar-refractivity contribution < 1.29 is 0 Å². The molecule has 0 bridgehead atoms. The van der Waals surface area contributed by atoms with Gasteiger partial charge < -0.3 is 5.32 Å². The summed E-state index contributed by atoms with van der Waals surface area (Å²) < 4.78 is 2.04. The standard InChI is InChI=1S/C12H23N3S/c1-4-7-15-10-11(9-14-15)12(13-5-2)6-8-16-3/h9-10,12-13H,4-8H2,1-3H3. The Morgan fingerprint density at radius 3 is 2.94 bits per heavy atom. The quantitative estimate of drug-likeness (QED) is 0.759. The first-order valence-corrected chi connectivity index (χ1v) is 7.45. The van der Waals surface area contributed by atoms with Gasteiger partial charge in [0.25, 0.3) is 0 Å². The largest absolute Gasteiger partial charge is 0.310 e. The second-order valence-electron chi connectivity index (χ2n) is 3.93. The molecule has 1 N–H and O–H groups in total. The van der Waals surface area contributed by atoms with E-state index in [9.17, 15) is 0 Å². The van der Waals surface area contributed by atoms with Crippen molar-refractivity contribution in [1.29, 1.82) is 0 Å². The van der Waals surface area contributed by atoms with Crippen LogP contribution in [-0.2, 0) is 6.54 Å². The van der Waals surface area contributed by atoms with Crippen molar-refractivity contribution in [3.63, 3.8) is 0 Å². The van der Waals surface area contributed by atoms with E-state index in [2.05, 4.69) is 36.7 Å². The molecular formula is C12H23N3S. The summed E-state index contributed by atoms with van der Waals surface area (Å²) in [5, 5.41) is 7.91. The van der Waals surface area contributed by atoms with Crippen LogP contribution in [0, 0.1) is 0 Å². The molecule has 0 aliphatic heterocycles. The zero-order valence-corrected chi connectivity index (χ0v) is 11.4. The maximum Gasteiger partial charge on any atom is 0.0537 e. The summed E-state index contributed by atoms with van der Waals surface area (Å²) in [5.41, 5.74) is 1.32. The Morgan fingerprint density at radius 1 is 1.50 bits per heavy atom. The van der Waals surface area contributed by atoms with E-state index >= 15 is 0 Å². The molecule has 3 nitrogen and oxygen atoms in total. The summed E-state index contributed by atoms with van der Waals surface area (Å²) in [7, 11) is 0. The van der Waals surface area contributed by atoms with E-state index in [4.69, 9.17) is 0 Å². The summed E-state index contributed by atoms with van der Waals surface area (Å²) in [5.74, 6) is 1.19. The van der Waals surface area contributed by atoms with Crippen LogP contribution in [-0.4, -0.2) is 28.3 Å². The van der Waals surface area contributed by atoms with Crippen molar-refractivity contribution in [2.75, 3.05) is 18.6 Å². The number of hydrogen-bond acceptors (Lipinski definition) is 3. The van der Waals surface area contributed by atoms with Gasteiger partial charge in [0.05, 0.1) is 6.20 Å². The van der Waals surface area contributed by atoms with Crippen LogP contribution in [0.25, 0.3) is 0 Å². The van der Waals surface area contributed by atoms with Crippen molar-refractivity contribution in [3.05, 3.63) is 18.0 Å². The summed E-state index contributed by atoms with van der Waals surface area (Å²) in [6, 6.07) is 0.461. The first-order valence-electron chi connectivity index (χ1n) is 6.06. The molecule has 16 heavy (non-hydrogen) atoms. The van der Waals surface area contributed by atoms with Gasteiger partial charge in [0.15, 0.2) is 0 Å². The molecule has 0 saturated carbocycles. The molecule has 0 saturated heterocycles. The van der Waals surface area contributed by atoms with Crippen LogP contribution in [0.2, 0.25) is 0 Å². The van der Waals surface area contributed by atoms with Gasteiger partial charge >= 0.3 is 0 Å². The minimum Gasteiger partial charge on any atom is -0.310 e. The van der Waals surface area contributed by atoms with Crippen LogP contribution in [0.15, 0.2) is 12.4 Å². The molecule has 0 aliphatic carbocycles. The van der Waals surface area contributed by atoms with Gasteiger partial charge in [-0.25, -0.2) is 0 Å². The summed E-state index contributed by atoms with van der Waals surface area (Å²) in [4.78, 5) is 0. The molecule has 1 atom stereocenters. The molecule has 4 heteroatoms. The Labute approximate surface area is 103 Å². The second-order valence-corrected chi connectivity index (χ2v) is 4.91. The molecule has 1 heterocycles. The second kappa shape index (κ2) is 7.74. The minimum absolute atomic E-state index is 0.461. The van der Waals surface area contributed by atoms with Crippen LogP contribution in [0.3, 0.4) is 0 Å². The average molecular weight is 241 g/mol. The number of hydrogen-bond donors (Lipinski definition) is 1. The zero-order chi connectivity index (χ0) is 11.8. The number of aromatic nitrogens is 2. The third kappa shape index (κ3) is 4.18. The van der Waals surface area contributed by atoms with Crippen molar-refractivity contribution in [2.24, 2.45) is 0 Å². The number of nitrogens with zero attached hydrogens (tertiary/aromatic N) is 2. The molecule has 0 aliphatic rings. The van der Waals surface area contributed by atoms with E-state index in [1.54, 1.807) is 0 Å². The maximum absolute atomic E-state index is 4.39. The molecule has 0 spiro atoms. The van der Waals surface area contributed by atoms with Gasteiger partial charge in [-0.15, -0.1) is 0 Å². The molecular weight excluding hydrogens is 218 g/mol. The lowest BCUT2D eigenvalue weighted by molar-refractivity contribution is 0.538. The fraction of sp³-hybridized carbons (Fsp3) is 0.750. The lowest BCUT2D eigenvalue weighted by Gasteiger charge is -2.15. The zero-order valence-electron chi connectivity index (χ0n) is 10.6. The number of thioether (sulfide) groups is 1. The third-order valence-electron chi connectivity index (χ3n) is 2.57. The van der Waals surface area contributed by atoms with Gasteiger partial charge in [0, 0.05) is 24.3 Å². The third-order valence-corrected chi connectivity index (χ3v) is 3.21. The fourth-order valence-electron chi connectivity index (χ4n) is 1.78. The maximum atomic E-state index is 4.39. The molecule has 1 aromatic rings. The molecule has 1 aromatic heterocycles. The predicted molar refractivity (Wildman–Crippen MR) is 71.9 cm³/mol. The Balaban J connectivity index is 2.59. The van der Waals surface area contributed by atoms with Gasteiger partial charge in [-0.2, -0.15) is 16.9 Å². The van der Waals surface area contributed by atoms with E-state index in [0.29, 0.717) is 6.04 Å². The lowest BCUT2D eigenvalue weighted by atomic mass is 10.1. The topological polar surface area (TPSA) is 29.9 Å². The summed E-state index contributed by atoms with van der Waals surface area (Å²) in [6.07, 6.45) is 8.65. The smallest absolute Gasteiger partial charge is 0.0537 e. The van der Waals surface area contributed by atoms with E-state index in [1.165, 1.54) is 17.7 Å². The fourth-order valence-corrected chi connectivity index (χ4v) is 2.25. The highest BCUT2D eigenvalue weighted by atomic mass is 32.2. The van der Waals surface area contributed by atoms with Gasteiger partial charge in [0.2, 0.25) is 0 Å². The van der Waals surface area contributed by atoms with Gasteiger partial charge in [-0.3, -0.25) is 4.68 Å². The van der Waals surface area contributed by atoms with Gasteiger partial charge in [0.1, 0.15) is 0 Å². The Bertz CT molecular complexity index is 286. The molecule has 0 fully saturated rings. The SMILES string of the molecule is CCCn1cc(C(CCSC)NCC)cn1. The molecule has 0 aromatic carbocycles. The van der Waals surface area contributed by atoms with Crippen LogP contribution in [0.5, 0.6) is 0 Å². The number of aryl methyl sites for hydroxylation is 1. The minimum atomic E-state index is 0.461. The molecule has 0 radical (unpaired) electrons. The average Bonchev–Trinajstić information content (AvgIpc) is 2.73. The Kier molecular flexibility index (Phi) is 6.57. The van der Waals surface area contributed by atoms with Gasteiger partial charge in [-0.1, -0.05) is 13.8 Å². The Hall–Kier alpha value is -0.480. The van der Waals surface area contributed by atoms with Crippen LogP contribution in [0.1, 0.15) is 38.3 Å². The van der Waals surface area contributed by atoms with Crippen LogP contribution in [0.4, 0.5) is 0 Å².